The van der Waals surface area contributed by atoms with Gasteiger partial charge in [0.25, 0.3) is 0 Å². The van der Waals surface area contributed by atoms with Crippen molar-refractivity contribution in [3.05, 3.63) is 12.2 Å². The molecule has 124 valence electrons. The first-order valence-corrected chi connectivity index (χ1v) is 10.2. The Morgan fingerprint density at radius 1 is 0.909 bits per heavy atom. The lowest BCUT2D eigenvalue weighted by Gasteiger charge is -2.60. The Kier molecular flexibility index (Phi) is 3.74. The summed E-state index contributed by atoms with van der Waals surface area (Å²) in [6.45, 7) is 12.2. The first-order chi connectivity index (χ1) is 10.5. The Morgan fingerprint density at radius 2 is 1.68 bits per heavy atom. The maximum atomic E-state index is 4.53. The van der Waals surface area contributed by atoms with Gasteiger partial charge < -0.3 is 0 Å². The van der Waals surface area contributed by atoms with Gasteiger partial charge in [-0.15, -0.1) is 0 Å². The first-order valence-electron chi connectivity index (χ1n) is 10.2. The van der Waals surface area contributed by atoms with Crippen LogP contribution in [0.1, 0.15) is 78.6 Å². The third-order valence-corrected chi connectivity index (χ3v) is 8.79. The molecule has 4 aliphatic carbocycles. The molecular weight excluding hydrogens is 264 g/mol. The highest BCUT2D eigenvalue weighted by Crippen LogP contribution is 2.63. The Hall–Kier alpha value is -0.260. The largest absolute Gasteiger partial charge is 0.0993 e. The summed E-state index contributed by atoms with van der Waals surface area (Å²) in [7, 11) is 0. The van der Waals surface area contributed by atoms with E-state index in [1.807, 2.05) is 0 Å². The molecule has 0 aromatic heterocycles. The van der Waals surface area contributed by atoms with E-state index < -0.39 is 0 Å². The van der Waals surface area contributed by atoms with Crippen LogP contribution in [0.15, 0.2) is 12.2 Å². The number of allylic oxidation sites excluding steroid dienone is 1. The van der Waals surface area contributed by atoms with Crippen LogP contribution in [-0.2, 0) is 0 Å². The summed E-state index contributed by atoms with van der Waals surface area (Å²) in [4.78, 5) is 0. The minimum absolute atomic E-state index is 0.480. The monoisotopic (exact) mass is 300 g/mol. The maximum Gasteiger partial charge on any atom is -0.00854 e. The summed E-state index contributed by atoms with van der Waals surface area (Å²) in [5.41, 5.74) is 2.08. The van der Waals surface area contributed by atoms with E-state index in [4.69, 9.17) is 0 Å². The van der Waals surface area contributed by atoms with E-state index >= 15 is 0 Å². The zero-order chi connectivity index (χ0) is 15.5. The molecule has 8 unspecified atom stereocenters. The molecule has 4 saturated carbocycles. The van der Waals surface area contributed by atoms with Crippen molar-refractivity contribution in [1.29, 1.82) is 0 Å². The standard InChI is InChI=1S/C22H36/c1-14-5-9-18-17(13-14)8-10-20-19(18)11-12-22(4)16(3)7-6-15(2)21(20)22/h14-15,17-21H,3,5-13H2,1-2,4H3. The van der Waals surface area contributed by atoms with Crippen LogP contribution in [-0.4, -0.2) is 0 Å². The fraction of sp³-hybridized carbons (Fsp3) is 0.909. The van der Waals surface area contributed by atoms with Crippen LogP contribution in [0, 0.1) is 46.8 Å². The summed E-state index contributed by atoms with van der Waals surface area (Å²) in [5, 5.41) is 0. The van der Waals surface area contributed by atoms with Crippen molar-refractivity contribution in [2.45, 2.75) is 78.6 Å². The first kappa shape index (κ1) is 15.3. The zero-order valence-corrected chi connectivity index (χ0v) is 15.1. The maximum absolute atomic E-state index is 4.53. The molecule has 0 nitrogen and oxygen atoms in total. The van der Waals surface area contributed by atoms with Crippen LogP contribution in [0.4, 0.5) is 0 Å². The van der Waals surface area contributed by atoms with Gasteiger partial charge in [-0.05, 0) is 98.2 Å². The van der Waals surface area contributed by atoms with Gasteiger partial charge in [-0.25, -0.2) is 0 Å². The van der Waals surface area contributed by atoms with Crippen molar-refractivity contribution in [2.75, 3.05) is 0 Å². The molecule has 8 atom stereocenters. The summed E-state index contributed by atoms with van der Waals surface area (Å²) in [6.07, 6.45) is 13.3. The second-order valence-corrected chi connectivity index (χ2v) is 9.85. The normalized spacial score (nSPS) is 55.0. The average Bonchev–Trinajstić information content (AvgIpc) is 2.50. The van der Waals surface area contributed by atoms with Crippen LogP contribution in [0.3, 0.4) is 0 Å². The lowest BCUT2D eigenvalue weighted by molar-refractivity contribution is -0.0846. The van der Waals surface area contributed by atoms with Crippen molar-refractivity contribution in [2.24, 2.45) is 46.8 Å². The van der Waals surface area contributed by atoms with Crippen molar-refractivity contribution in [1.82, 2.24) is 0 Å². The zero-order valence-electron chi connectivity index (χ0n) is 15.1. The van der Waals surface area contributed by atoms with Crippen molar-refractivity contribution < 1.29 is 0 Å². The third kappa shape index (κ3) is 2.15. The van der Waals surface area contributed by atoms with Gasteiger partial charge in [-0.1, -0.05) is 39.3 Å². The fourth-order valence-corrected chi connectivity index (χ4v) is 7.66. The van der Waals surface area contributed by atoms with Gasteiger partial charge in [0.1, 0.15) is 0 Å². The second kappa shape index (κ2) is 5.38. The van der Waals surface area contributed by atoms with Gasteiger partial charge in [0, 0.05) is 0 Å². The number of hydrogen-bond donors (Lipinski definition) is 0. The second-order valence-electron chi connectivity index (χ2n) is 9.85. The van der Waals surface area contributed by atoms with Crippen LogP contribution in [0.5, 0.6) is 0 Å². The molecule has 0 saturated heterocycles. The highest BCUT2D eigenvalue weighted by atomic mass is 14.6. The molecule has 0 bridgehead atoms. The van der Waals surface area contributed by atoms with Gasteiger partial charge in [0.15, 0.2) is 0 Å². The fourth-order valence-electron chi connectivity index (χ4n) is 7.66. The Bertz CT molecular complexity index is 449. The minimum Gasteiger partial charge on any atom is -0.0993 e. The quantitative estimate of drug-likeness (QED) is 0.450. The van der Waals surface area contributed by atoms with Crippen LogP contribution in [0.25, 0.3) is 0 Å². The SMILES string of the molecule is C=C1CCC(C)C2C3CCC4CC(C)CCC4C3CCC12C. The van der Waals surface area contributed by atoms with Crippen LogP contribution < -0.4 is 0 Å². The van der Waals surface area contributed by atoms with E-state index in [9.17, 15) is 0 Å². The predicted octanol–water partition coefficient (Wildman–Crippen LogP) is 6.47. The van der Waals surface area contributed by atoms with Gasteiger partial charge >= 0.3 is 0 Å². The van der Waals surface area contributed by atoms with Crippen molar-refractivity contribution in [3.8, 4) is 0 Å². The lowest BCUT2D eigenvalue weighted by atomic mass is 9.44. The molecule has 4 fully saturated rings. The van der Waals surface area contributed by atoms with Crippen molar-refractivity contribution in [3.63, 3.8) is 0 Å². The molecule has 4 rings (SSSR count). The van der Waals surface area contributed by atoms with E-state index in [1.165, 1.54) is 44.9 Å². The summed E-state index contributed by atoms with van der Waals surface area (Å²) < 4.78 is 0. The number of rotatable bonds is 0. The smallest absolute Gasteiger partial charge is 0.00854 e. The molecule has 0 aliphatic heterocycles. The molecule has 0 N–H and O–H groups in total. The molecule has 0 radical (unpaired) electrons. The molecular formula is C22H36. The van der Waals surface area contributed by atoms with E-state index in [2.05, 4.69) is 27.4 Å². The lowest BCUT2D eigenvalue weighted by Crippen LogP contribution is -2.52. The minimum atomic E-state index is 0.480. The van der Waals surface area contributed by atoms with Crippen LogP contribution in [0.2, 0.25) is 0 Å². The van der Waals surface area contributed by atoms with Gasteiger partial charge in [-0.2, -0.15) is 0 Å². The topological polar surface area (TPSA) is 0 Å². The molecule has 0 amide bonds. The van der Waals surface area contributed by atoms with E-state index in [0.29, 0.717) is 5.41 Å². The van der Waals surface area contributed by atoms with E-state index in [0.717, 1.165) is 41.4 Å². The van der Waals surface area contributed by atoms with Gasteiger partial charge in [0.2, 0.25) is 0 Å². The van der Waals surface area contributed by atoms with Crippen LogP contribution >= 0.6 is 0 Å². The number of hydrogen-bond acceptors (Lipinski definition) is 0. The molecule has 0 heteroatoms. The molecule has 0 heterocycles. The third-order valence-electron chi connectivity index (χ3n) is 8.79. The highest BCUT2D eigenvalue weighted by Gasteiger charge is 2.55. The van der Waals surface area contributed by atoms with E-state index in [-0.39, 0.29) is 0 Å². The predicted molar refractivity (Wildman–Crippen MR) is 94.6 cm³/mol. The average molecular weight is 301 g/mol. The molecule has 0 aromatic rings. The molecule has 4 aliphatic rings. The van der Waals surface area contributed by atoms with Gasteiger partial charge in [0.05, 0.1) is 0 Å². The molecule has 22 heavy (non-hydrogen) atoms. The summed E-state index contributed by atoms with van der Waals surface area (Å²) in [6, 6.07) is 0. The Balaban J connectivity index is 1.61. The summed E-state index contributed by atoms with van der Waals surface area (Å²) >= 11 is 0. The van der Waals surface area contributed by atoms with Crippen molar-refractivity contribution >= 4 is 0 Å². The summed E-state index contributed by atoms with van der Waals surface area (Å²) in [5.74, 6) is 7.15. The highest BCUT2D eigenvalue weighted by molar-refractivity contribution is 5.19. The molecule has 0 spiro atoms. The van der Waals surface area contributed by atoms with E-state index in [1.54, 1.807) is 18.4 Å². The number of fused-ring (bicyclic) bond motifs is 5. The molecule has 0 aromatic carbocycles. The Labute approximate surface area is 138 Å². The van der Waals surface area contributed by atoms with Gasteiger partial charge in [-0.3, -0.25) is 0 Å². The Morgan fingerprint density at radius 3 is 2.50 bits per heavy atom.